The first-order valence-electron chi connectivity index (χ1n) is 10.2. The van der Waals surface area contributed by atoms with Crippen molar-refractivity contribution < 1.29 is 18.3 Å². The summed E-state index contributed by atoms with van der Waals surface area (Å²) in [6.07, 6.45) is 3.58. The van der Waals surface area contributed by atoms with Crippen LogP contribution in [0.15, 0.2) is 21.1 Å². The van der Waals surface area contributed by atoms with Gasteiger partial charge in [0.25, 0.3) is 0 Å². The van der Waals surface area contributed by atoms with Gasteiger partial charge < -0.3 is 10.0 Å². The van der Waals surface area contributed by atoms with Crippen LogP contribution in [-0.2, 0) is 21.2 Å². The van der Waals surface area contributed by atoms with E-state index in [0.29, 0.717) is 47.6 Å². The second-order valence-corrected chi connectivity index (χ2v) is 12.0. The van der Waals surface area contributed by atoms with Crippen molar-refractivity contribution >= 4 is 47.8 Å². The number of rotatable bonds is 5. The molecule has 1 atom stereocenters. The van der Waals surface area contributed by atoms with Crippen LogP contribution < -0.4 is 0 Å². The lowest BCUT2D eigenvalue weighted by molar-refractivity contribution is -0.137. The number of hydrogen-bond acceptors (Lipinski definition) is 5. The Hall–Kier alpha value is -0.680. The summed E-state index contributed by atoms with van der Waals surface area (Å²) >= 11 is 6.68. The van der Waals surface area contributed by atoms with Crippen LogP contribution >= 0.6 is 31.9 Å². The Balaban J connectivity index is 1.49. The molecule has 1 N–H and O–H groups in total. The predicted octanol–water partition coefficient (Wildman–Crippen LogP) is 2.66. The van der Waals surface area contributed by atoms with Crippen molar-refractivity contribution in [3.63, 3.8) is 0 Å². The fourth-order valence-electron chi connectivity index (χ4n) is 4.33. The number of carbonyl (C=O) groups is 1. The standard InChI is InChI=1S/C20H29Br2N3O4S/c1-14(11-15-12-17(21)19(26)18(22)13-15)20(27)24-9-7-23(8-10-24)16-3-5-25(6-4-16)30(2,28)29/h12-14,16,26H,3-11H2,1-2H3/t14-/m1/s1. The molecule has 168 valence electrons. The highest BCUT2D eigenvalue weighted by molar-refractivity contribution is 9.11. The summed E-state index contributed by atoms with van der Waals surface area (Å²) in [5.74, 6) is 0.177. The Kier molecular flexibility index (Phi) is 7.87. The molecule has 10 heteroatoms. The van der Waals surface area contributed by atoms with Gasteiger partial charge in [0, 0.05) is 51.2 Å². The molecule has 0 aliphatic carbocycles. The molecule has 0 radical (unpaired) electrons. The van der Waals surface area contributed by atoms with Crippen molar-refractivity contribution in [2.75, 3.05) is 45.5 Å². The van der Waals surface area contributed by atoms with Gasteiger partial charge in [0.15, 0.2) is 0 Å². The molecule has 2 saturated heterocycles. The fraction of sp³-hybridized carbons (Fsp3) is 0.650. The Labute approximate surface area is 195 Å². The van der Waals surface area contributed by atoms with Crippen LogP contribution in [0.1, 0.15) is 25.3 Å². The first kappa shape index (κ1) is 24.0. The summed E-state index contributed by atoms with van der Waals surface area (Å²) < 4.78 is 26.2. The molecular weight excluding hydrogens is 538 g/mol. The smallest absolute Gasteiger partial charge is 0.225 e. The van der Waals surface area contributed by atoms with Crippen molar-refractivity contribution in [3.8, 4) is 5.75 Å². The summed E-state index contributed by atoms with van der Waals surface area (Å²) in [4.78, 5) is 17.3. The zero-order chi connectivity index (χ0) is 22.1. The molecule has 2 aliphatic heterocycles. The van der Waals surface area contributed by atoms with Gasteiger partial charge in [-0.15, -0.1) is 0 Å². The topological polar surface area (TPSA) is 81.2 Å². The molecule has 0 aromatic heterocycles. The highest BCUT2D eigenvalue weighted by atomic mass is 79.9. The Morgan fingerprint density at radius 2 is 1.63 bits per heavy atom. The average Bonchev–Trinajstić information content (AvgIpc) is 2.71. The van der Waals surface area contributed by atoms with Gasteiger partial charge in [-0.25, -0.2) is 12.7 Å². The van der Waals surface area contributed by atoms with E-state index in [-0.39, 0.29) is 17.6 Å². The number of piperidine rings is 1. The van der Waals surface area contributed by atoms with E-state index in [1.54, 1.807) is 4.31 Å². The van der Waals surface area contributed by atoms with Crippen LogP contribution in [0.3, 0.4) is 0 Å². The number of nitrogens with zero attached hydrogens (tertiary/aromatic N) is 3. The lowest BCUT2D eigenvalue weighted by atomic mass is 9.99. The summed E-state index contributed by atoms with van der Waals surface area (Å²) in [6, 6.07) is 4.10. The van der Waals surface area contributed by atoms with Crippen molar-refractivity contribution in [3.05, 3.63) is 26.6 Å². The summed E-state index contributed by atoms with van der Waals surface area (Å²) in [5, 5.41) is 9.86. The third kappa shape index (κ3) is 5.76. The quantitative estimate of drug-likeness (QED) is 0.592. The third-order valence-corrected chi connectivity index (χ3v) is 8.59. The molecule has 0 spiro atoms. The number of halogens is 2. The van der Waals surface area contributed by atoms with E-state index in [1.807, 2.05) is 24.0 Å². The molecule has 0 unspecified atom stereocenters. The van der Waals surface area contributed by atoms with Gasteiger partial charge in [0.1, 0.15) is 5.75 Å². The van der Waals surface area contributed by atoms with Crippen molar-refractivity contribution in [1.82, 2.24) is 14.1 Å². The van der Waals surface area contributed by atoms with E-state index in [2.05, 4.69) is 36.8 Å². The minimum absolute atomic E-state index is 0.141. The molecule has 30 heavy (non-hydrogen) atoms. The normalized spacial score (nSPS) is 21.0. The largest absolute Gasteiger partial charge is 0.506 e. The van der Waals surface area contributed by atoms with Gasteiger partial charge in [0.05, 0.1) is 15.2 Å². The molecule has 1 amide bonds. The maximum absolute atomic E-state index is 12.9. The first-order valence-corrected chi connectivity index (χ1v) is 13.6. The molecule has 3 rings (SSSR count). The second-order valence-electron chi connectivity index (χ2n) is 8.27. The SMILES string of the molecule is C[C@H](Cc1cc(Br)c(O)c(Br)c1)C(=O)N1CCN(C2CCN(S(C)(=O)=O)CC2)CC1. The van der Waals surface area contributed by atoms with Crippen LogP contribution in [0.2, 0.25) is 0 Å². The van der Waals surface area contributed by atoms with Crippen LogP contribution in [0.5, 0.6) is 5.75 Å². The minimum Gasteiger partial charge on any atom is -0.506 e. The predicted molar refractivity (Wildman–Crippen MR) is 124 cm³/mol. The minimum atomic E-state index is -3.10. The molecule has 1 aromatic rings. The molecule has 1 aromatic carbocycles. The summed E-state index contributed by atoms with van der Waals surface area (Å²) in [5.41, 5.74) is 0.990. The van der Waals surface area contributed by atoms with Gasteiger partial charge in [-0.05, 0) is 68.8 Å². The van der Waals surface area contributed by atoms with Gasteiger partial charge in [0.2, 0.25) is 15.9 Å². The highest BCUT2D eigenvalue weighted by Gasteiger charge is 2.32. The van der Waals surface area contributed by atoms with Crippen molar-refractivity contribution in [1.29, 1.82) is 0 Å². The van der Waals surface area contributed by atoms with Gasteiger partial charge in [-0.1, -0.05) is 6.92 Å². The van der Waals surface area contributed by atoms with E-state index < -0.39 is 10.0 Å². The zero-order valence-corrected chi connectivity index (χ0v) is 21.3. The molecule has 0 saturated carbocycles. The van der Waals surface area contributed by atoms with Crippen LogP contribution in [0, 0.1) is 5.92 Å². The third-order valence-electron chi connectivity index (χ3n) is 6.07. The van der Waals surface area contributed by atoms with Crippen molar-refractivity contribution in [2.24, 2.45) is 5.92 Å². The Morgan fingerprint density at radius 3 is 2.13 bits per heavy atom. The van der Waals surface area contributed by atoms with Gasteiger partial charge in [-0.2, -0.15) is 0 Å². The number of hydrogen-bond donors (Lipinski definition) is 1. The van der Waals surface area contributed by atoms with E-state index in [0.717, 1.165) is 31.5 Å². The second kappa shape index (κ2) is 9.85. The van der Waals surface area contributed by atoms with Crippen molar-refractivity contribution in [2.45, 2.75) is 32.2 Å². The molecule has 2 aliphatic rings. The maximum atomic E-state index is 12.9. The number of phenolic OH excluding ortho intramolecular Hbond substituents is 1. The van der Waals surface area contributed by atoms with E-state index in [9.17, 15) is 18.3 Å². The highest BCUT2D eigenvalue weighted by Crippen LogP contribution is 2.34. The lowest BCUT2D eigenvalue weighted by Gasteiger charge is -2.42. The maximum Gasteiger partial charge on any atom is 0.225 e. The molecule has 7 nitrogen and oxygen atoms in total. The summed E-state index contributed by atoms with van der Waals surface area (Å²) in [6.45, 7) is 6.19. The lowest BCUT2D eigenvalue weighted by Crippen LogP contribution is -2.55. The number of sulfonamides is 1. The van der Waals surface area contributed by atoms with Gasteiger partial charge in [-0.3, -0.25) is 9.69 Å². The average molecular weight is 567 g/mol. The number of amides is 1. The van der Waals surface area contributed by atoms with E-state index in [1.165, 1.54) is 6.26 Å². The number of carbonyl (C=O) groups excluding carboxylic acids is 1. The number of piperazine rings is 1. The molecule has 2 fully saturated rings. The molecule has 0 bridgehead atoms. The Morgan fingerprint density at radius 1 is 1.10 bits per heavy atom. The number of benzene rings is 1. The number of aromatic hydroxyl groups is 1. The van der Waals surface area contributed by atoms with Crippen LogP contribution in [0.25, 0.3) is 0 Å². The Bertz CT molecular complexity index is 857. The fourth-order valence-corrected chi connectivity index (χ4v) is 6.49. The molecule has 2 heterocycles. The molecular formula is C20H29Br2N3O4S. The summed E-state index contributed by atoms with van der Waals surface area (Å²) in [7, 11) is -3.10. The first-order chi connectivity index (χ1) is 14.1. The number of phenols is 1. The monoisotopic (exact) mass is 565 g/mol. The van der Waals surface area contributed by atoms with Crippen LogP contribution in [-0.4, -0.2) is 85.1 Å². The zero-order valence-electron chi connectivity index (χ0n) is 17.4. The van der Waals surface area contributed by atoms with E-state index >= 15 is 0 Å². The van der Waals surface area contributed by atoms with E-state index in [4.69, 9.17) is 0 Å². The van der Waals surface area contributed by atoms with Gasteiger partial charge >= 0.3 is 0 Å². The van der Waals surface area contributed by atoms with Crippen LogP contribution in [0.4, 0.5) is 0 Å².